The van der Waals surface area contributed by atoms with E-state index in [-0.39, 0.29) is 61.2 Å². The van der Waals surface area contributed by atoms with Gasteiger partial charge in [0.15, 0.2) is 0 Å². The average Bonchev–Trinajstić information content (AvgIpc) is 2.83. The lowest BCUT2D eigenvalue weighted by atomic mass is 9.85. The number of halogens is 2. The van der Waals surface area contributed by atoms with E-state index in [0.717, 1.165) is 36.5 Å². The van der Waals surface area contributed by atoms with Crippen molar-refractivity contribution in [2.24, 2.45) is 11.7 Å². The van der Waals surface area contributed by atoms with Crippen molar-refractivity contribution in [2.75, 3.05) is 26.7 Å². The molecule has 8 nitrogen and oxygen atoms in total. The Morgan fingerprint density at radius 3 is 2.40 bits per heavy atom. The van der Waals surface area contributed by atoms with Gasteiger partial charge >= 0.3 is 5.97 Å². The van der Waals surface area contributed by atoms with Crippen LogP contribution in [-0.2, 0) is 24.3 Å². The number of rotatable bonds is 5. The minimum absolute atomic E-state index is 0. The molecule has 4 rings (SSSR count). The van der Waals surface area contributed by atoms with Crippen LogP contribution in [0.25, 0.3) is 10.8 Å². The van der Waals surface area contributed by atoms with Gasteiger partial charge in [0, 0.05) is 36.6 Å². The summed E-state index contributed by atoms with van der Waals surface area (Å²) >= 11 is 6.05. The maximum atomic E-state index is 13.6. The highest BCUT2D eigenvalue weighted by Crippen LogP contribution is 2.30. The minimum Gasteiger partial charge on any atom is -0.469 e. The lowest BCUT2D eigenvalue weighted by Crippen LogP contribution is -2.58. The first kappa shape index (κ1) is 27.7. The molecule has 2 aliphatic rings. The van der Waals surface area contributed by atoms with Gasteiger partial charge in [0.25, 0.3) is 0 Å². The van der Waals surface area contributed by atoms with E-state index in [1.54, 1.807) is 41.3 Å². The molecule has 2 aromatic carbocycles. The number of fused-ring (bicyclic) bond motifs is 1. The van der Waals surface area contributed by atoms with Gasteiger partial charge in [-0.25, -0.2) is 8.42 Å². The number of carbonyl (C=O) groups excluding carboxylic acids is 2. The third-order valence-corrected chi connectivity index (χ3v) is 9.05. The summed E-state index contributed by atoms with van der Waals surface area (Å²) in [5.74, 6) is -0.605. The van der Waals surface area contributed by atoms with Gasteiger partial charge in [-0.15, -0.1) is 12.4 Å². The van der Waals surface area contributed by atoms with E-state index in [2.05, 4.69) is 0 Å². The van der Waals surface area contributed by atoms with Crippen LogP contribution in [0.4, 0.5) is 0 Å². The van der Waals surface area contributed by atoms with Crippen molar-refractivity contribution in [3.63, 3.8) is 0 Å². The molecular weight excluding hydrogens is 513 g/mol. The number of amides is 1. The molecule has 2 fully saturated rings. The summed E-state index contributed by atoms with van der Waals surface area (Å²) in [5, 5.41) is 2.15. The molecule has 35 heavy (non-hydrogen) atoms. The number of nitrogens with zero attached hydrogens (tertiary/aromatic N) is 2. The molecule has 0 bridgehead atoms. The number of ether oxygens (including phenoxy) is 1. The minimum atomic E-state index is -3.91. The van der Waals surface area contributed by atoms with Gasteiger partial charge in [-0.05, 0) is 60.7 Å². The van der Waals surface area contributed by atoms with E-state index < -0.39 is 22.0 Å². The Morgan fingerprint density at radius 1 is 1.06 bits per heavy atom. The second kappa shape index (κ2) is 11.4. The molecule has 2 N–H and O–H groups in total. The molecule has 1 atom stereocenters. The SMILES string of the molecule is COC(=O)CC1CN(C(=O)[C@H]2CC[C@H](N)CC2)CCN1S(=O)(=O)c1ccc2cc(Cl)ccc2c1.Cl. The molecule has 0 aromatic heterocycles. The summed E-state index contributed by atoms with van der Waals surface area (Å²) in [7, 11) is -2.64. The quantitative estimate of drug-likeness (QED) is 0.579. The van der Waals surface area contributed by atoms with Gasteiger partial charge in [-0.3, -0.25) is 9.59 Å². The molecule has 11 heteroatoms. The Kier molecular flexibility index (Phi) is 9.04. The molecule has 0 spiro atoms. The molecule has 0 radical (unpaired) electrons. The number of carbonyl (C=O) groups is 2. The lowest BCUT2D eigenvalue weighted by Gasteiger charge is -2.41. The van der Waals surface area contributed by atoms with Crippen LogP contribution in [0.5, 0.6) is 0 Å². The summed E-state index contributed by atoms with van der Waals surface area (Å²) in [5.41, 5.74) is 5.97. The topological polar surface area (TPSA) is 110 Å². The molecule has 1 saturated heterocycles. The predicted molar refractivity (Wildman–Crippen MR) is 137 cm³/mol. The number of benzene rings is 2. The Morgan fingerprint density at radius 2 is 1.71 bits per heavy atom. The normalized spacial score (nSPS) is 23.5. The van der Waals surface area contributed by atoms with Crippen LogP contribution in [0.15, 0.2) is 41.3 Å². The Hall–Kier alpha value is -1.91. The third kappa shape index (κ3) is 6.09. The van der Waals surface area contributed by atoms with Crippen molar-refractivity contribution in [2.45, 2.75) is 49.1 Å². The fourth-order valence-electron chi connectivity index (χ4n) is 4.91. The Bertz CT molecular complexity index is 1180. The maximum absolute atomic E-state index is 13.6. The van der Waals surface area contributed by atoms with E-state index in [4.69, 9.17) is 22.1 Å². The van der Waals surface area contributed by atoms with Crippen LogP contribution in [0, 0.1) is 5.92 Å². The highest BCUT2D eigenvalue weighted by molar-refractivity contribution is 7.89. The van der Waals surface area contributed by atoms with Crippen LogP contribution < -0.4 is 5.73 Å². The molecule has 1 aliphatic carbocycles. The van der Waals surface area contributed by atoms with E-state index >= 15 is 0 Å². The van der Waals surface area contributed by atoms with Gasteiger partial charge in [-0.2, -0.15) is 4.31 Å². The highest BCUT2D eigenvalue weighted by atomic mass is 35.5. The first-order valence-corrected chi connectivity index (χ1v) is 13.3. The van der Waals surface area contributed by atoms with Gasteiger partial charge in [0.2, 0.25) is 15.9 Å². The number of sulfonamides is 1. The molecule has 1 amide bonds. The Labute approximate surface area is 217 Å². The van der Waals surface area contributed by atoms with Crippen LogP contribution >= 0.6 is 24.0 Å². The number of methoxy groups -OCH3 is 1. The van der Waals surface area contributed by atoms with Crippen LogP contribution in [0.1, 0.15) is 32.1 Å². The monoisotopic (exact) mass is 543 g/mol. The number of hydrogen-bond acceptors (Lipinski definition) is 6. The summed E-state index contributed by atoms with van der Waals surface area (Å²) in [6.07, 6.45) is 2.97. The van der Waals surface area contributed by atoms with Crippen molar-refractivity contribution in [1.29, 1.82) is 0 Å². The average molecular weight is 545 g/mol. The van der Waals surface area contributed by atoms with Crippen molar-refractivity contribution >= 4 is 56.7 Å². The van der Waals surface area contributed by atoms with Crippen molar-refractivity contribution < 1.29 is 22.7 Å². The largest absolute Gasteiger partial charge is 0.469 e. The summed E-state index contributed by atoms with van der Waals surface area (Å²) in [6.45, 7) is 0.543. The first-order chi connectivity index (χ1) is 16.2. The molecule has 1 unspecified atom stereocenters. The smallest absolute Gasteiger partial charge is 0.307 e. The van der Waals surface area contributed by atoms with Crippen molar-refractivity contribution in [1.82, 2.24) is 9.21 Å². The molecule has 192 valence electrons. The van der Waals surface area contributed by atoms with Crippen LogP contribution in [0.2, 0.25) is 5.02 Å². The van der Waals surface area contributed by atoms with E-state index in [1.165, 1.54) is 11.4 Å². The zero-order valence-electron chi connectivity index (χ0n) is 19.6. The lowest BCUT2D eigenvalue weighted by molar-refractivity contribution is -0.145. The van der Waals surface area contributed by atoms with E-state index in [9.17, 15) is 18.0 Å². The standard InChI is InChI=1S/C24H30ClN3O5S.ClH/c1-33-23(29)14-21-15-27(24(30)16-3-7-20(26)8-4-16)10-11-28(21)34(31,32)22-9-5-17-12-19(25)6-2-18(17)13-22;/h2,5-6,9,12-13,16,20-21H,3-4,7-8,10-11,14-15,26H2,1H3;1H/t16-,20-,21?;. The fourth-order valence-corrected chi connectivity index (χ4v) is 6.74. The van der Waals surface area contributed by atoms with Gasteiger partial charge in [-0.1, -0.05) is 23.7 Å². The molecule has 1 heterocycles. The van der Waals surface area contributed by atoms with Gasteiger partial charge in [0.05, 0.1) is 24.5 Å². The maximum Gasteiger partial charge on any atom is 0.307 e. The fraction of sp³-hybridized carbons (Fsp3) is 0.500. The molecule has 1 saturated carbocycles. The summed E-state index contributed by atoms with van der Waals surface area (Å²) < 4.78 is 33.4. The number of hydrogen-bond donors (Lipinski definition) is 1. The second-order valence-electron chi connectivity index (χ2n) is 9.10. The molecule has 2 aromatic rings. The van der Waals surface area contributed by atoms with Gasteiger partial charge in [0.1, 0.15) is 0 Å². The third-order valence-electron chi connectivity index (χ3n) is 6.87. The number of esters is 1. The summed E-state index contributed by atoms with van der Waals surface area (Å²) in [4.78, 5) is 27.1. The highest BCUT2D eigenvalue weighted by Gasteiger charge is 2.40. The second-order valence-corrected chi connectivity index (χ2v) is 11.4. The van der Waals surface area contributed by atoms with Crippen molar-refractivity contribution in [3.8, 4) is 0 Å². The van der Waals surface area contributed by atoms with E-state index in [1.807, 2.05) is 0 Å². The van der Waals surface area contributed by atoms with E-state index in [0.29, 0.717) is 5.02 Å². The zero-order chi connectivity index (χ0) is 24.5. The molecule has 1 aliphatic heterocycles. The summed E-state index contributed by atoms with van der Waals surface area (Å²) in [6, 6.07) is 9.56. The zero-order valence-corrected chi connectivity index (χ0v) is 21.9. The van der Waals surface area contributed by atoms with Crippen molar-refractivity contribution in [3.05, 3.63) is 41.4 Å². The Balaban J connectivity index is 0.00000342. The number of piperazine rings is 1. The first-order valence-electron chi connectivity index (χ1n) is 11.5. The van der Waals surface area contributed by atoms with Crippen LogP contribution in [0.3, 0.4) is 0 Å². The molecular formula is C24H31Cl2N3O5S. The van der Waals surface area contributed by atoms with Gasteiger partial charge < -0.3 is 15.4 Å². The number of nitrogens with two attached hydrogens (primary N) is 1. The predicted octanol–water partition coefficient (Wildman–Crippen LogP) is 3.20. The van der Waals surface area contributed by atoms with Crippen LogP contribution in [-0.4, -0.2) is 68.3 Å².